The Morgan fingerprint density at radius 2 is 2.06 bits per heavy atom. The van der Waals surface area contributed by atoms with E-state index in [2.05, 4.69) is 13.5 Å². The van der Waals surface area contributed by atoms with Crippen LogP contribution in [0.25, 0.3) is 0 Å². The van der Waals surface area contributed by atoms with Gasteiger partial charge in [0.1, 0.15) is 11.9 Å². The first kappa shape index (κ1) is 13.8. The Kier molecular flexibility index (Phi) is 6.41. The van der Waals surface area contributed by atoms with Gasteiger partial charge in [-0.15, -0.1) is 6.58 Å². The number of rotatable bonds is 8. The number of aliphatic hydroxyl groups is 1. The van der Waals surface area contributed by atoms with Gasteiger partial charge < -0.3 is 9.84 Å². The summed E-state index contributed by atoms with van der Waals surface area (Å²) in [6.45, 7) is 6.49. The van der Waals surface area contributed by atoms with Gasteiger partial charge in [-0.05, 0) is 12.5 Å². The second-order valence-corrected chi connectivity index (χ2v) is 4.13. The zero-order valence-corrected chi connectivity index (χ0v) is 10.6. The van der Waals surface area contributed by atoms with Gasteiger partial charge in [0, 0.05) is 5.56 Å². The number of aliphatic hydroxyl groups excluding tert-OH is 1. The summed E-state index contributed by atoms with van der Waals surface area (Å²) in [5.41, 5.74) is 0.790. The summed E-state index contributed by atoms with van der Waals surface area (Å²) in [6, 6.07) is 7.57. The van der Waals surface area contributed by atoms with Crippen molar-refractivity contribution in [2.24, 2.45) is 0 Å². The number of hydrogen-bond donors (Lipinski definition) is 1. The molecule has 0 aliphatic heterocycles. The van der Waals surface area contributed by atoms with Crippen molar-refractivity contribution in [1.82, 2.24) is 0 Å². The molecule has 1 unspecified atom stereocenters. The third-order valence-electron chi connectivity index (χ3n) is 2.72. The number of hydrogen-bond acceptors (Lipinski definition) is 2. The van der Waals surface area contributed by atoms with Crippen LogP contribution in [0.3, 0.4) is 0 Å². The highest BCUT2D eigenvalue weighted by molar-refractivity contribution is 5.36. The Morgan fingerprint density at radius 3 is 2.76 bits per heavy atom. The van der Waals surface area contributed by atoms with Crippen molar-refractivity contribution in [2.45, 2.75) is 38.7 Å². The maximum absolute atomic E-state index is 9.75. The summed E-state index contributed by atoms with van der Waals surface area (Å²) in [4.78, 5) is 0. The molecule has 0 aliphatic rings. The summed E-state index contributed by atoms with van der Waals surface area (Å²) < 4.78 is 5.70. The molecule has 17 heavy (non-hydrogen) atoms. The molecule has 0 saturated carbocycles. The number of ether oxygens (including phenoxy) is 1. The molecule has 0 saturated heterocycles. The topological polar surface area (TPSA) is 29.5 Å². The summed E-state index contributed by atoms with van der Waals surface area (Å²) >= 11 is 0. The van der Waals surface area contributed by atoms with Gasteiger partial charge in [-0.3, -0.25) is 0 Å². The summed E-state index contributed by atoms with van der Waals surface area (Å²) in [6.07, 6.45) is 5.60. The highest BCUT2D eigenvalue weighted by atomic mass is 16.5. The first-order valence-electron chi connectivity index (χ1n) is 6.32. The third kappa shape index (κ3) is 4.61. The zero-order valence-electron chi connectivity index (χ0n) is 10.6. The molecule has 94 valence electrons. The monoisotopic (exact) mass is 234 g/mol. The number of para-hydroxylation sites is 1. The van der Waals surface area contributed by atoms with Crippen LogP contribution in [-0.2, 0) is 0 Å². The summed E-state index contributed by atoms with van der Waals surface area (Å²) in [5, 5.41) is 9.75. The molecule has 1 rings (SSSR count). The summed E-state index contributed by atoms with van der Waals surface area (Å²) in [7, 11) is 0. The van der Waals surface area contributed by atoms with E-state index in [0.29, 0.717) is 6.61 Å². The minimum absolute atomic E-state index is 0.651. The maximum atomic E-state index is 9.75. The lowest BCUT2D eigenvalue weighted by Gasteiger charge is -2.13. The molecule has 0 bridgehead atoms. The van der Waals surface area contributed by atoms with E-state index in [-0.39, 0.29) is 0 Å². The van der Waals surface area contributed by atoms with Crippen molar-refractivity contribution in [2.75, 3.05) is 6.61 Å². The van der Waals surface area contributed by atoms with Crippen molar-refractivity contribution in [3.63, 3.8) is 0 Å². The van der Waals surface area contributed by atoms with Gasteiger partial charge >= 0.3 is 0 Å². The molecule has 0 spiro atoms. The molecular formula is C15H22O2. The van der Waals surface area contributed by atoms with E-state index in [4.69, 9.17) is 4.74 Å². The molecule has 2 nitrogen and oxygen atoms in total. The van der Waals surface area contributed by atoms with Crippen molar-refractivity contribution in [1.29, 1.82) is 0 Å². The molecule has 1 aromatic rings. The normalized spacial score (nSPS) is 12.1. The van der Waals surface area contributed by atoms with Crippen LogP contribution >= 0.6 is 0 Å². The SMILES string of the molecule is C=CC(O)c1ccccc1OCCCCCC. The van der Waals surface area contributed by atoms with Gasteiger partial charge in [0.05, 0.1) is 6.61 Å². The van der Waals surface area contributed by atoms with Gasteiger partial charge in [0.2, 0.25) is 0 Å². The largest absolute Gasteiger partial charge is 0.493 e. The molecule has 2 heteroatoms. The third-order valence-corrected chi connectivity index (χ3v) is 2.72. The van der Waals surface area contributed by atoms with Crippen LogP contribution in [0.2, 0.25) is 0 Å². The quantitative estimate of drug-likeness (QED) is 0.546. The van der Waals surface area contributed by atoms with Gasteiger partial charge in [-0.25, -0.2) is 0 Å². The fourth-order valence-corrected chi connectivity index (χ4v) is 1.69. The average Bonchev–Trinajstić information content (AvgIpc) is 2.38. The lowest BCUT2D eigenvalue weighted by atomic mass is 10.1. The molecule has 0 fully saturated rings. The van der Waals surface area contributed by atoms with E-state index < -0.39 is 6.10 Å². The Labute approximate surface area is 104 Å². The minimum Gasteiger partial charge on any atom is -0.493 e. The maximum Gasteiger partial charge on any atom is 0.125 e. The van der Waals surface area contributed by atoms with Gasteiger partial charge in [-0.1, -0.05) is 50.5 Å². The number of benzene rings is 1. The molecule has 0 aliphatic carbocycles. The Balaban J connectivity index is 2.49. The molecule has 0 amide bonds. The van der Waals surface area contributed by atoms with Crippen LogP contribution in [0.1, 0.15) is 44.3 Å². The van der Waals surface area contributed by atoms with Gasteiger partial charge in [0.15, 0.2) is 0 Å². The van der Waals surface area contributed by atoms with Crippen molar-refractivity contribution in [3.05, 3.63) is 42.5 Å². The second kappa shape index (κ2) is 7.91. The fourth-order valence-electron chi connectivity index (χ4n) is 1.69. The van der Waals surface area contributed by atoms with E-state index in [1.54, 1.807) is 0 Å². The van der Waals surface area contributed by atoms with Gasteiger partial charge in [0.25, 0.3) is 0 Å². The first-order chi connectivity index (χ1) is 8.29. The molecule has 0 radical (unpaired) electrons. The lowest BCUT2D eigenvalue weighted by molar-refractivity contribution is 0.217. The number of unbranched alkanes of at least 4 members (excludes halogenated alkanes) is 3. The predicted octanol–water partition coefficient (Wildman–Crippen LogP) is 3.87. The molecule has 0 aromatic heterocycles. The van der Waals surface area contributed by atoms with Crippen LogP contribution in [0.5, 0.6) is 5.75 Å². The fraction of sp³-hybridized carbons (Fsp3) is 0.467. The molecule has 1 N–H and O–H groups in total. The highest BCUT2D eigenvalue weighted by Gasteiger charge is 2.09. The zero-order chi connectivity index (χ0) is 12.5. The summed E-state index contributed by atoms with van der Waals surface area (Å²) in [5.74, 6) is 0.761. The lowest BCUT2D eigenvalue weighted by Crippen LogP contribution is -2.02. The van der Waals surface area contributed by atoms with E-state index in [0.717, 1.165) is 17.7 Å². The average molecular weight is 234 g/mol. The van der Waals surface area contributed by atoms with Crippen LogP contribution in [-0.4, -0.2) is 11.7 Å². The van der Waals surface area contributed by atoms with Crippen molar-refractivity contribution < 1.29 is 9.84 Å². The molecule has 1 atom stereocenters. The van der Waals surface area contributed by atoms with Crippen LogP contribution in [0.15, 0.2) is 36.9 Å². The smallest absolute Gasteiger partial charge is 0.125 e. The van der Waals surface area contributed by atoms with Crippen molar-refractivity contribution >= 4 is 0 Å². The first-order valence-corrected chi connectivity index (χ1v) is 6.32. The van der Waals surface area contributed by atoms with E-state index in [9.17, 15) is 5.11 Å². The molecular weight excluding hydrogens is 212 g/mol. The predicted molar refractivity (Wildman–Crippen MR) is 71.2 cm³/mol. The Morgan fingerprint density at radius 1 is 1.29 bits per heavy atom. The Hall–Kier alpha value is -1.28. The van der Waals surface area contributed by atoms with Crippen LogP contribution in [0, 0.1) is 0 Å². The van der Waals surface area contributed by atoms with Crippen molar-refractivity contribution in [3.8, 4) is 5.75 Å². The van der Waals surface area contributed by atoms with E-state index in [1.807, 2.05) is 24.3 Å². The Bertz CT molecular complexity index is 333. The van der Waals surface area contributed by atoms with Gasteiger partial charge in [-0.2, -0.15) is 0 Å². The minimum atomic E-state index is -0.651. The standard InChI is InChI=1S/C15H22O2/c1-3-5-6-9-12-17-15-11-8-7-10-13(15)14(16)4-2/h4,7-8,10-11,14,16H,2-3,5-6,9,12H2,1H3. The molecule has 1 aromatic carbocycles. The van der Waals surface area contributed by atoms with Crippen LogP contribution in [0.4, 0.5) is 0 Å². The highest BCUT2D eigenvalue weighted by Crippen LogP contribution is 2.25. The second-order valence-electron chi connectivity index (χ2n) is 4.13. The van der Waals surface area contributed by atoms with E-state index >= 15 is 0 Å². The van der Waals surface area contributed by atoms with Crippen LogP contribution < -0.4 is 4.74 Å². The van der Waals surface area contributed by atoms with E-state index in [1.165, 1.54) is 25.3 Å². The molecule has 0 heterocycles.